The second kappa shape index (κ2) is 6.45. The number of methoxy groups -OCH3 is 1. The van der Waals surface area contributed by atoms with Crippen LogP contribution < -0.4 is 0 Å². The number of benzene rings is 1. The van der Waals surface area contributed by atoms with Gasteiger partial charge in [0, 0.05) is 0 Å². The largest absolute Gasteiger partial charge is 0.463 e. The summed E-state index contributed by atoms with van der Waals surface area (Å²) in [6.07, 6.45) is 0. The van der Waals surface area contributed by atoms with Crippen LogP contribution in [0.2, 0.25) is 0 Å². The maximum atomic E-state index is 12.2. The Hall–Kier alpha value is -2.59. The van der Waals surface area contributed by atoms with Gasteiger partial charge in [-0.15, -0.1) is 0 Å². The van der Waals surface area contributed by atoms with Gasteiger partial charge in [0.2, 0.25) is 5.76 Å². The molecule has 22 heavy (non-hydrogen) atoms. The molecule has 0 radical (unpaired) electrons. The lowest BCUT2D eigenvalue weighted by molar-refractivity contribution is 0.0563. The maximum Gasteiger partial charge on any atom is 0.373 e. The van der Waals surface area contributed by atoms with Gasteiger partial charge in [0.05, 0.1) is 24.5 Å². The molecule has 7 heteroatoms. The topological polar surface area (TPSA) is 97.4 Å². The van der Waals surface area contributed by atoms with Gasteiger partial charge in [0.15, 0.2) is 9.84 Å². The zero-order valence-corrected chi connectivity index (χ0v) is 12.6. The molecule has 2 aromatic rings. The van der Waals surface area contributed by atoms with Crippen molar-refractivity contribution in [1.82, 2.24) is 0 Å². The van der Waals surface area contributed by atoms with Crippen LogP contribution in [0.3, 0.4) is 0 Å². The van der Waals surface area contributed by atoms with Gasteiger partial charge in [-0.05, 0) is 29.8 Å². The van der Waals surface area contributed by atoms with Crippen molar-refractivity contribution in [2.24, 2.45) is 0 Å². The Bertz CT molecular complexity index is 830. The van der Waals surface area contributed by atoms with Crippen molar-refractivity contribution >= 4 is 15.8 Å². The number of carbonyl (C=O) groups excluding carboxylic acids is 1. The van der Waals surface area contributed by atoms with Crippen molar-refractivity contribution in [3.63, 3.8) is 0 Å². The highest BCUT2D eigenvalue weighted by molar-refractivity contribution is 7.89. The Kier molecular flexibility index (Phi) is 4.63. The molecule has 0 aliphatic rings. The molecule has 0 N–H and O–H groups in total. The second-order valence-electron chi connectivity index (χ2n) is 4.60. The summed E-state index contributed by atoms with van der Waals surface area (Å²) in [5.74, 6) is -1.08. The molecule has 1 aromatic carbocycles. The van der Waals surface area contributed by atoms with Crippen LogP contribution in [-0.2, 0) is 26.1 Å². The van der Waals surface area contributed by atoms with E-state index >= 15 is 0 Å². The molecule has 1 heterocycles. The third-order valence-corrected chi connectivity index (χ3v) is 4.35. The molecule has 0 saturated carbocycles. The number of rotatable bonds is 5. The standard InChI is InChI=1S/C15H13NO5S/c1-20-15(17)14-6-5-13(21-14)10-22(18,19)9-12-4-2-3-11(7-12)8-16/h2-7H,9-10H2,1H3. The Morgan fingerprint density at radius 3 is 2.73 bits per heavy atom. The van der Waals surface area contributed by atoms with E-state index in [2.05, 4.69) is 4.74 Å². The van der Waals surface area contributed by atoms with Crippen molar-refractivity contribution in [2.45, 2.75) is 11.5 Å². The van der Waals surface area contributed by atoms with Gasteiger partial charge in [-0.2, -0.15) is 5.26 Å². The fourth-order valence-corrected chi connectivity index (χ4v) is 3.30. The molecule has 6 nitrogen and oxygen atoms in total. The number of hydrogen-bond acceptors (Lipinski definition) is 6. The molecule has 0 fully saturated rings. The van der Waals surface area contributed by atoms with Gasteiger partial charge in [0.25, 0.3) is 0 Å². The van der Waals surface area contributed by atoms with Crippen LogP contribution in [0.25, 0.3) is 0 Å². The van der Waals surface area contributed by atoms with Crippen LogP contribution in [-0.4, -0.2) is 21.5 Å². The average Bonchev–Trinajstić information content (AvgIpc) is 2.93. The van der Waals surface area contributed by atoms with Crippen molar-refractivity contribution in [1.29, 1.82) is 5.26 Å². The lowest BCUT2D eigenvalue weighted by Crippen LogP contribution is -2.07. The lowest BCUT2D eigenvalue weighted by Gasteiger charge is -2.03. The summed E-state index contributed by atoms with van der Waals surface area (Å²) in [4.78, 5) is 11.3. The fourth-order valence-electron chi connectivity index (χ4n) is 1.92. The molecular weight excluding hydrogens is 306 g/mol. The number of nitriles is 1. The third kappa shape index (κ3) is 3.96. The van der Waals surface area contributed by atoms with Gasteiger partial charge in [-0.3, -0.25) is 0 Å². The normalized spacial score (nSPS) is 10.9. The van der Waals surface area contributed by atoms with E-state index < -0.39 is 15.8 Å². The average molecular weight is 319 g/mol. The molecule has 0 aliphatic heterocycles. The molecule has 0 aliphatic carbocycles. The minimum Gasteiger partial charge on any atom is -0.463 e. The highest BCUT2D eigenvalue weighted by atomic mass is 32.2. The molecule has 2 rings (SSSR count). The van der Waals surface area contributed by atoms with Crippen LogP contribution in [0.5, 0.6) is 0 Å². The number of hydrogen-bond donors (Lipinski definition) is 0. The summed E-state index contributed by atoms with van der Waals surface area (Å²) in [5.41, 5.74) is 0.928. The number of furan rings is 1. The van der Waals surface area contributed by atoms with Gasteiger partial charge < -0.3 is 9.15 Å². The highest BCUT2D eigenvalue weighted by Gasteiger charge is 2.18. The van der Waals surface area contributed by atoms with Crippen LogP contribution in [0.4, 0.5) is 0 Å². The van der Waals surface area contributed by atoms with E-state index in [1.807, 2.05) is 6.07 Å². The smallest absolute Gasteiger partial charge is 0.373 e. The first-order valence-electron chi connectivity index (χ1n) is 6.30. The highest BCUT2D eigenvalue weighted by Crippen LogP contribution is 2.16. The summed E-state index contributed by atoms with van der Waals surface area (Å²) in [6, 6.07) is 11.2. The van der Waals surface area contributed by atoms with E-state index in [0.717, 1.165) is 0 Å². The zero-order valence-electron chi connectivity index (χ0n) is 11.8. The molecule has 0 unspecified atom stereocenters. The summed E-state index contributed by atoms with van der Waals surface area (Å²) >= 11 is 0. The fraction of sp³-hybridized carbons (Fsp3) is 0.200. The number of carbonyl (C=O) groups is 1. The predicted molar refractivity (Wildman–Crippen MR) is 77.5 cm³/mol. The maximum absolute atomic E-state index is 12.2. The summed E-state index contributed by atoms with van der Waals surface area (Å²) in [5, 5.41) is 8.82. The number of esters is 1. The van der Waals surface area contributed by atoms with E-state index in [4.69, 9.17) is 9.68 Å². The van der Waals surface area contributed by atoms with Crippen LogP contribution in [0.15, 0.2) is 40.8 Å². The Labute approximate surface area is 127 Å². The lowest BCUT2D eigenvalue weighted by atomic mass is 10.2. The predicted octanol–water partition coefficient (Wildman–Crippen LogP) is 2.05. The van der Waals surface area contributed by atoms with E-state index in [-0.39, 0.29) is 23.0 Å². The molecular formula is C15H13NO5S. The number of ether oxygens (including phenoxy) is 1. The molecule has 1 aromatic heterocycles. The molecule has 0 spiro atoms. The van der Waals surface area contributed by atoms with Gasteiger partial charge in [-0.1, -0.05) is 12.1 Å². The van der Waals surface area contributed by atoms with E-state index in [9.17, 15) is 13.2 Å². The zero-order chi connectivity index (χ0) is 16.2. The van der Waals surface area contributed by atoms with Gasteiger partial charge in [0.1, 0.15) is 11.5 Å². The van der Waals surface area contributed by atoms with Crippen LogP contribution in [0, 0.1) is 11.3 Å². The Morgan fingerprint density at radius 1 is 1.27 bits per heavy atom. The third-order valence-electron chi connectivity index (χ3n) is 2.85. The second-order valence-corrected chi connectivity index (χ2v) is 6.67. The molecule has 0 saturated heterocycles. The Morgan fingerprint density at radius 2 is 2.05 bits per heavy atom. The first-order chi connectivity index (χ1) is 10.4. The van der Waals surface area contributed by atoms with E-state index in [0.29, 0.717) is 11.1 Å². The van der Waals surface area contributed by atoms with E-state index in [1.165, 1.54) is 25.3 Å². The monoisotopic (exact) mass is 319 g/mol. The van der Waals surface area contributed by atoms with Crippen molar-refractivity contribution in [3.8, 4) is 6.07 Å². The van der Waals surface area contributed by atoms with E-state index in [1.54, 1.807) is 18.2 Å². The molecule has 0 amide bonds. The first-order valence-corrected chi connectivity index (χ1v) is 8.12. The van der Waals surface area contributed by atoms with Crippen molar-refractivity contribution in [2.75, 3.05) is 7.11 Å². The number of nitrogens with zero attached hydrogens (tertiary/aromatic N) is 1. The quantitative estimate of drug-likeness (QED) is 0.782. The molecule has 114 valence electrons. The SMILES string of the molecule is COC(=O)c1ccc(CS(=O)(=O)Cc2cccc(C#N)c2)o1. The van der Waals surface area contributed by atoms with Crippen molar-refractivity contribution in [3.05, 3.63) is 59.0 Å². The van der Waals surface area contributed by atoms with Crippen LogP contribution >= 0.6 is 0 Å². The molecule has 0 atom stereocenters. The molecule has 0 bridgehead atoms. The summed E-state index contributed by atoms with van der Waals surface area (Å²) in [7, 11) is -2.28. The Balaban J connectivity index is 2.12. The van der Waals surface area contributed by atoms with Gasteiger partial charge in [-0.25, -0.2) is 13.2 Å². The number of sulfone groups is 1. The summed E-state index contributed by atoms with van der Waals surface area (Å²) < 4.78 is 34.0. The van der Waals surface area contributed by atoms with Crippen LogP contribution in [0.1, 0.15) is 27.4 Å². The minimum absolute atomic E-state index is 0.0424. The minimum atomic E-state index is -3.49. The summed E-state index contributed by atoms with van der Waals surface area (Å²) in [6.45, 7) is 0. The van der Waals surface area contributed by atoms with Crippen molar-refractivity contribution < 1.29 is 22.4 Å². The first kappa shape index (κ1) is 15.8. The van der Waals surface area contributed by atoms with Gasteiger partial charge >= 0.3 is 5.97 Å².